The van der Waals surface area contributed by atoms with Crippen LogP contribution >= 0.6 is 11.9 Å². The molecule has 0 aromatic heterocycles. The highest BCUT2D eigenvalue weighted by Gasteiger charge is 2.01. The number of nitrogens with zero attached hydrogens (tertiary/aromatic N) is 1. The maximum absolute atomic E-state index is 10.7. The largest absolute Gasteiger partial charge is 0.339 e. The lowest BCUT2D eigenvalue weighted by molar-refractivity contribution is 0.241. The van der Waals surface area contributed by atoms with E-state index < -0.39 is 0 Å². The second-order valence-corrected chi connectivity index (χ2v) is 2.60. The summed E-state index contributed by atoms with van der Waals surface area (Å²) in [6.07, 6.45) is 0. The van der Waals surface area contributed by atoms with Gasteiger partial charge in [0.2, 0.25) is 0 Å². The van der Waals surface area contributed by atoms with Crippen LogP contribution in [0.4, 0.5) is 4.79 Å². The average molecular weight is 148 g/mol. The van der Waals surface area contributed by atoms with Crippen LogP contribution in [0.15, 0.2) is 0 Å². The van der Waals surface area contributed by atoms with Gasteiger partial charge in [-0.3, -0.25) is 9.52 Å². The number of carbonyl (C=O) groups excluding carboxylic acids is 1. The number of hydrogen-bond acceptors (Lipinski definition) is 3. The van der Waals surface area contributed by atoms with E-state index >= 15 is 0 Å². The summed E-state index contributed by atoms with van der Waals surface area (Å²) in [5, 5.41) is 0.0388. The maximum atomic E-state index is 10.7. The molecule has 0 spiro atoms. The standard InChI is InChI=1S/C5H12N2OS/c1-4-6-9-5(8)7(2)3/h6H,4H2,1-3H3. The molecule has 3 nitrogen and oxygen atoms in total. The van der Waals surface area contributed by atoms with Crippen molar-refractivity contribution in [3.8, 4) is 0 Å². The monoisotopic (exact) mass is 148 g/mol. The minimum Gasteiger partial charge on any atom is -0.339 e. The lowest BCUT2D eigenvalue weighted by Crippen LogP contribution is -2.20. The third-order valence-electron chi connectivity index (χ3n) is 0.669. The third-order valence-corrected chi connectivity index (χ3v) is 1.64. The van der Waals surface area contributed by atoms with Crippen LogP contribution in [0.2, 0.25) is 0 Å². The summed E-state index contributed by atoms with van der Waals surface area (Å²) in [5.41, 5.74) is 0. The van der Waals surface area contributed by atoms with Gasteiger partial charge in [-0.2, -0.15) is 0 Å². The van der Waals surface area contributed by atoms with E-state index in [1.165, 1.54) is 4.90 Å². The fraction of sp³-hybridized carbons (Fsp3) is 0.800. The molecule has 0 fully saturated rings. The van der Waals surface area contributed by atoms with Crippen LogP contribution in [-0.2, 0) is 0 Å². The van der Waals surface area contributed by atoms with E-state index in [1.54, 1.807) is 14.1 Å². The molecule has 0 atom stereocenters. The molecule has 9 heavy (non-hydrogen) atoms. The maximum Gasteiger partial charge on any atom is 0.296 e. The van der Waals surface area contributed by atoms with Crippen LogP contribution in [0.25, 0.3) is 0 Å². The van der Waals surface area contributed by atoms with Crippen molar-refractivity contribution >= 4 is 17.2 Å². The number of hydrogen-bond donors (Lipinski definition) is 1. The Labute approximate surface area is 59.9 Å². The summed E-state index contributed by atoms with van der Waals surface area (Å²) in [6.45, 7) is 2.76. The molecule has 1 amide bonds. The van der Waals surface area contributed by atoms with Gasteiger partial charge in [0.05, 0.1) is 0 Å². The quantitative estimate of drug-likeness (QED) is 0.591. The average Bonchev–Trinajstić information content (AvgIpc) is 1.82. The Bertz CT molecular complexity index is 95.0. The van der Waals surface area contributed by atoms with Gasteiger partial charge >= 0.3 is 0 Å². The third kappa shape index (κ3) is 4.29. The molecule has 4 heteroatoms. The molecule has 0 saturated heterocycles. The number of carbonyl (C=O) groups is 1. The van der Waals surface area contributed by atoms with Gasteiger partial charge in [-0.25, -0.2) is 0 Å². The Morgan fingerprint density at radius 3 is 2.56 bits per heavy atom. The molecule has 0 bridgehead atoms. The van der Waals surface area contributed by atoms with Gasteiger partial charge < -0.3 is 4.90 Å². The van der Waals surface area contributed by atoms with Gasteiger partial charge in [-0.15, -0.1) is 0 Å². The zero-order valence-corrected chi connectivity index (χ0v) is 6.79. The van der Waals surface area contributed by atoms with E-state index in [-0.39, 0.29) is 5.24 Å². The summed E-state index contributed by atoms with van der Waals surface area (Å²) in [7, 11) is 3.46. The van der Waals surface area contributed by atoms with Crippen molar-refractivity contribution < 1.29 is 4.79 Å². The molecule has 0 heterocycles. The molecule has 1 N–H and O–H groups in total. The predicted octanol–water partition coefficient (Wildman–Crippen LogP) is 0.926. The molecule has 0 aliphatic heterocycles. The Morgan fingerprint density at radius 1 is 1.67 bits per heavy atom. The zero-order valence-electron chi connectivity index (χ0n) is 5.97. The van der Waals surface area contributed by atoms with Crippen molar-refractivity contribution in [2.24, 2.45) is 0 Å². The molecule has 0 aromatic carbocycles. The molecule has 0 unspecified atom stereocenters. The Kier molecular flexibility index (Phi) is 4.53. The van der Waals surface area contributed by atoms with Crippen molar-refractivity contribution in [2.75, 3.05) is 20.6 Å². The first-order valence-corrected chi connectivity index (χ1v) is 3.61. The number of rotatable bonds is 2. The highest BCUT2D eigenvalue weighted by molar-refractivity contribution is 8.11. The number of nitrogens with one attached hydrogen (secondary N) is 1. The first-order valence-electron chi connectivity index (χ1n) is 2.79. The Hall–Kier alpha value is -0.220. The van der Waals surface area contributed by atoms with E-state index in [0.717, 1.165) is 18.5 Å². The molecule has 0 aromatic rings. The van der Waals surface area contributed by atoms with Crippen molar-refractivity contribution in [3.05, 3.63) is 0 Å². The lowest BCUT2D eigenvalue weighted by atomic mass is 10.8. The molecule has 0 aliphatic rings. The topological polar surface area (TPSA) is 32.3 Å². The first-order chi connectivity index (χ1) is 4.18. The zero-order chi connectivity index (χ0) is 7.28. The van der Waals surface area contributed by atoms with E-state index in [0.29, 0.717) is 0 Å². The molecule has 0 saturated carbocycles. The normalized spacial score (nSPS) is 9.22. The molecular weight excluding hydrogens is 136 g/mol. The van der Waals surface area contributed by atoms with Gasteiger partial charge in [0.1, 0.15) is 0 Å². The van der Waals surface area contributed by atoms with Crippen molar-refractivity contribution in [3.63, 3.8) is 0 Å². The summed E-state index contributed by atoms with van der Waals surface area (Å²) >= 11 is 1.12. The summed E-state index contributed by atoms with van der Waals surface area (Å²) in [5.74, 6) is 0. The molecule has 54 valence electrons. The Morgan fingerprint density at radius 2 is 2.22 bits per heavy atom. The lowest BCUT2D eigenvalue weighted by Gasteiger charge is -2.07. The smallest absolute Gasteiger partial charge is 0.296 e. The van der Waals surface area contributed by atoms with Crippen LogP contribution in [0.1, 0.15) is 6.92 Å². The fourth-order valence-electron chi connectivity index (χ4n) is 0.225. The van der Waals surface area contributed by atoms with E-state index in [4.69, 9.17) is 0 Å². The fourth-order valence-corrected chi connectivity index (χ4v) is 0.676. The van der Waals surface area contributed by atoms with Gasteiger partial charge in [0, 0.05) is 32.6 Å². The van der Waals surface area contributed by atoms with Crippen LogP contribution in [0, 0.1) is 0 Å². The number of amides is 1. The second-order valence-electron chi connectivity index (χ2n) is 1.76. The molecule has 0 radical (unpaired) electrons. The SMILES string of the molecule is CCNSC(=O)N(C)C. The van der Waals surface area contributed by atoms with Crippen LogP contribution in [0.5, 0.6) is 0 Å². The van der Waals surface area contributed by atoms with Crippen LogP contribution in [-0.4, -0.2) is 30.8 Å². The van der Waals surface area contributed by atoms with E-state index in [1.807, 2.05) is 6.92 Å². The van der Waals surface area contributed by atoms with Gasteiger partial charge in [-0.05, 0) is 0 Å². The highest BCUT2D eigenvalue weighted by atomic mass is 32.2. The minimum absolute atomic E-state index is 0.0388. The summed E-state index contributed by atoms with van der Waals surface area (Å²) in [4.78, 5) is 12.3. The highest BCUT2D eigenvalue weighted by Crippen LogP contribution is 1.98. The molecule has 0 rings (SSSR count). The first kappa shape index (κ1) is 8.78. The molecular formula is C5H12N2OS. The van der Waals surface area contributed by atoms with Crippen molar-refractivity contribution in [1.82, 2.24) is 9.62 Å². The van der Waals surface area contributed by atoms with Crippen molar-refractivity contribution in [2.45, 2.75) is 6.92 Å². The van der Waals surface area contributed by atoms with Gasteiger partial charge in [0.25, 0.3) is 5.24 Å². The van der Waals surface area contributed by atoms with Crippen LogP contribution < -0.4 is 4.72 Å². The van der Waals surface area contributed by atoms with Crippen LogP contribution in [0.3, 0.4) is 0 Å². The predicted molar refractivity (Wildman–Crippen MR) is 40.4 cm³/mol. The molecule has 0 aliphatic carbocycles. The van der Waals surface area contributed by atoms with Crippen molar-refractivity contribution in [1.29, 1.82) is 0 Å². The second kappa shape index (κ2) is 4.64. The van der Waals surface area contributed by atoms with E-state index in [9.17, 15) is 4.79 Å². The Balaban J connectivity index is 3.28. The van der Waals surface area contributed by atoms with E-state index in [2.05, 4.69) is 4.72 Å². The summed E-state index contributed by atoms with van der Waals surface area (Å²) in [6, 6.07) is 0. The minimum atomic E-state index is 0.0388. The summed E-state index contributed by atoms with van der Waals surface area (Å²) < 4.78 is 2.85. The van der Waals surface area contributed by atoms with Gasteiger partial charge in [-0.1, -0.05) is 6.92 Å². The van der Waals surface area contributed by atoms with Gasteiger partial charge in [0.15, 0.2) is 0 Å².